The number of amides is 2. The molecule has 3 N–H and O–H groups in total. The molecule has 0 radical (unpaired) electrons. The van der Waals surface area contributed by atoms with Crippen molar-refractivity contribution in [3.8, 4) is 0 Å². The van der Waals surface area contributed by atoms with Crippen LogP contribution in [0.5, 0.6) is 0 Å². The first-order chi connectivity index (χ1) is 8.10. The van der Waals surface area contributed by atoms with Gasteiger partial charge in [-0.2, -0.15) is 0 Å². The van der Waals surface area contributed by atoms with Gasteiger partial charge >= 0.3 is 6.03 Å². The zero-order valence-corrected chi connectivity index (χ0v) is 10.4. The van der Waals surface area contributed by atoms with Crippen molar-refractivity contribution in [3.05, 3.63) is 29.3 Å². The van der Waals surface area contributed by atoms with E-state index >= 15 is 0 Å². The molecular weight excluding hydrogens is 214 g/mol. The van der Waals surface area contributed by atoms with Gasteiger partial charge in [0.1, 0.15) is 0 Å². The summed E-state index contributed by atoms with van der Waals surface area (Å²) in [6, 6.07) is 6.34. The maximum absolute atomic E-state index is 11.9. The molecule has 92 valence electrons. The molecule has 1 aromatic rings. The van der Waals surface area contributed by atoms with Gasteiger partial charge in [0.05, 0.1) is 0 Å². The largest absolute Gasteiger partial charge is 0.333 e. The Kier molecular flexibility index (Phi) is 3.33. The van der Waals surface area contributed by atoms with E-state index in [2.05, 4.69) is 11.4 Å². The molecule has 1 unspecified atom stereocenters. The summed E-state index contributed by atoms with van der Waals surface area (Å²) in [4.78, 5) is 13.6. The molecule has 1 heterocycles. The van der Waals surface area contributed by atoms with E-state index in [4.69, 9.17) is 5.73 Å². The third-order valence-corrected chi connectivity index (χ3v) is 3.01. The minimum atomic E-state index is -0.0200. The van der Waals surface area contributed by atoms with Crippen molar-refractivity contribution in [2.75, 3.05) is 18.0 Å². The second kappa shape index (κ2) is 4.75. The summed E-state index contributed by atoms with van der Waals surface area (Å²) in [7, 11) is 0. The number of hydrogen-bond acceptors (Lipinski definition) is 2. The number of nitrogens with two attached hydrogens (primary N) is 1. The first-order valence-electron chi connectivity index (χ1n) is 5.96. The van der Waals surface area contributed by atoms with E-state index in [1.165, 1.54) is 11.1 Å². The van der Waals surface area contributed by atoms with E-state index < -0.39 is 0 Å². The molecule has 1 atom stereocenters. The molecule has 4 nitrogen and oxygen atoms in total. The molecule has 0 bridgehead atoms. The first-order valence-corrected chi connectivity index (χ1v) is 5.96. The maximum Gasteiger partial charge on any atom is 0.322 e. The SMILES string of the molecule is Cc1cc(C)cc(N2CC(CCN)NC2=O)c1. The Balaban J connectivity index is 2.19. The van der Waals surface area contributed by atoms with Crippen LogP contribution in [0.3, 0.4) is 0 Å². The van der Waals surface area contributed by atoms with Crippen LogP contribution in [0.25, 0.3) is 0 Å². The summed E-state index contributed by atoms with van der Waals surface area (Å²) < 4.78 is 0. The van der Waals surface area contributed by atoms with Gasteiger partial charge in [-0.1, -0.05) is 6.07 Å². The third-order valence-electron chi connectivity index (χ3n) is 3.01. The second-order valence-corrected chi connectivity index (χ2v) is 4.68. The molecule has 1 saturated heterocycles. The fourth-order valence-corrected chi connectivity index (χ4v) is 2.30. The van der Waals surface area contributed by atoms with E-state index in [0.717, 1.165) is 12.1 Å². The highest BCUT2D eigenvalue weighted by atomic mass is 16.2. The number of anilines is 1. The Labute approximate surface area is 102 Å². The molecule has 2 amide bonds. The van der Waals surface area contributed by atoms with E-state index in [1.807, 2.05) is 26.0 Å². The van der Waals surface area contributed by atoms with Gasteiger partial charge in [-0.15, -0.1) is 0 Å². The van der Waals surface area contributed by atoms with Gasteiger partial charge in [0.25, 0.3) is 0 Å². The van der Waals surface area contributed by atoms with Crippen LogP contribution in [0.1, 0.15) is 17.5 Å². The summed E-state index contributed by atoms with van der Waals surface area (Å²) in [5.74, 6) is 0. The van der Waals surface area contributed by atoms with Gasteiger partial charge in [-0.3, -0.25) is 4.90 Å². The fraction of sp³-hybridized carbons (Fsp3) is 0.462. The minimum absolute atomic E-state index is 0.0200. The van der Waals surface area contributed by atoms with E-state index in [9.17, 15) is 4.79 Å². The van der Waals surface area contributed by atoms with E-state index in [0.29, 0.717) is 13.1 Å². The number of benzene rings is 1. The van der Waals surface area contributed by atoms with Crippen LogP contribution in [0, 0.1) is 13.8 Å². The molecule has 2 rings (SSSR count). The van der Waals surface area contributed by atoms with Crippen LogP contribution in [-0.2, 0) is 0 Å². The third kappa shape index (κ3) is 2.58. The van der Waals surface area contributed by atoms with E-state index in [1.54, 1.807) is 4.90 Å². The van der Waals surface area contributed by atoms with Gasteiger partial charge in [-0.05, 0) is 50.1 Å². The van der Waals surface area contributed by atoms with Gasteiger partial charge < -0.3 is 11.1 Å². The highest BCUT2D eigenvalue weighted by Crippen LogP contribution is 2.22. The summed E-state index contributed by atoms with van der Waals surface area (Å²) in [5.41, 5.74) is 8.84. The Hall–Kier alpha value is -1.55. The predicted octanol–water partition coefficient (Wildman–Crippen LogP) is 1.55. The number of nitrogens with one attached hydrogen (secondary N) is 1. The number of urea groups is 1. The Morgan fingerprint density at radius 2 is 2.00 bits per heavy atom. The number of aryl methyl sites for hydroxylation is 2. The Bertz CT molecular complexity index is 410. The number of rotatable bonds is 3. The van der Waals surface area contributed by atoms with Crippen LogP contribution >= 0.6 is 0 Å². The first kappa shape index (κ1) is 11.9. The lowest BCUT2D eigenvalue weighted by atomic mass is 10.1. The number of hydrogen-bond donors (Lipinski definition) is 2. The Morgan fingerprint density at radius 1 is 1.35 bits per heavy atom. The highest BCUT2D eigenvalue weighted by molar-refractivity contribution is 5.94. The summed E-state index contributed by atoms with van der Waals surface area (Å²) in [6.45, 7) is 5.40. The van der Waals surface area contributed by atoms with Crippen LogP contribution in [0.15, 0.2) is 18.2 Å². The zero-order chi connectivity index (χ0) is 12.4. The molecule has 1 aliphatic rings. The minimum Gasteiger partial charge on any atom is -0.333 e. The summed E-state index contributed by atoms with van der Waals surface area (Å²) >= 11 is 0. The quantitative estimate of drug-likeness (QED) is 0.832. The molecule has 0 saturated carbocycles. The summed E-state index contributed by atoms with van der Waals surface area (Å²) in [5, 5.41) is 2.95. The lowest BCUT2D eigenvalue weighted by Crippen LogP contribution is -2.29. The van der Waals surface area contributed by atoms with Crippen molar-refractivity contribution in [1.82, 2.24) is 5.32 Å². The molecule has 17 heavy (non-hydrogen) atoms. The van der Waals surface area contributed by atoms with E-state index in [-0.39, 0.29) is 12.1 Å². The van der Waals surface area contributed by atoms with Crippen molar-refractivity contribution in [3.63, 3.8) is 0 Å². The van der Waals surface area contributed by atoms with Crippen LogP contribution in [0.4, 0.5) is 10.5 Å². The average Bonchev–Trinajstić information content (AvgIpc) is 2.58. The van der Waals surface area contributed by atoms with Crippen molar-refractivity contribution in [1.29, 1.82) is 0 Å². The number of nitrogens with zero attached hydrogens (tertiary/aromatic N) is 1. The van der Waals surface area contributed by atoms with Crippen LogP contribution in [0.2, 0.25) is 0 Å². The topological polar surface area (TPSA) is 58.4 Å². The van der Waals surface area contributed by atoms with Crippen LogP contribution < -0.4 is 16.0 Å². The molecule has 1 aliphatic heterocycles. The van der Waals surface area contributed by atoms with Crippen LogP contribution in [-0.4, -0.2) is 25.2 Å². The molecule has 1 aromatic carbocycles. The van der Waals surface area contributed by atoms with Gasteiger partial charge in [0.15, 0.2) is 0 Å². The second-order valence-electron chi connectivity index (χ2n) is 4.68. The molecule has 4 heteroatoms. The monoisotopic (exact) mass is 233 g/mol. The number of carbonyl (C=O) groups is 1. The van der Waals surface area contributed by atoms with Gasteiger partial charge in [-0.25, -0.2) is 4.79 Å². The van der Waals surface area contributed by atoms with Crippen molar-refractivity contribution in [2.45, 2.75) is 26.3 Å². The van der Waals surface area contributed by atoms with Crippen molar-refractivity contribution < 1.29 is 4.79 Å². The molecule has 0 aromatic heterocycles. The highest BCUT2D eigenvalue weighted by Gasteiger charge is 2.29. The average molecular weight is 233 g/mol. The van der Waals surface area contributed by atoms with Gasteiger partial charge in [0, 0.05) is 18.3 Å². The zero-order valence-electron chi connectivity index (χ0n) is 10.4. The van der Waals surface area contributed by atoms with Crippen molar-refractivity contribution >= 4 is 11.7 Å². The maximum atomic E-state index is 11.9. The molecule has 0 aliphatic carbocycles. The molecule has 0 spiro atoms. The molecular formula is C13H19N3O. The smallest absolute Gasteiger partial charge is 0.322 e. The van der Waals surface area contributed by atoms with Crippen molar-refractivity contribution in [2.24, 2.45) is 5.73 Å². The number of carbonyl (C=O) groups excluding carboxylic acids is 1. The predicted molar refractivity (Wildman–Crippen MR) is 69.3 cm³/mol. The Morgan fingerprint density at radius 3 is 2.59 bits per heavy atom. The lowest BCUT2D eigenvalue weighted by molar-refractivity contribution is 0.250. The fourth-order valence-electron chi connectivity index (χ4n) is 2.30. The normalized spacial score (nSPS) is 19.6. The van der Waals surface area contributed by atoms with Gasteiger partial charge in [0.2, 0.25) is 0 Å². The molecule has 1 fully saturated rings. The lowest BCUT2D eigenvalue weighted by Gasteiger charge is -2.16. The standard InChI is InChI=1S/C13H19N3O/c1-9-5-10(2)7-12(6-9)16-8-11(3-4-14)15-13(16)17/h5-7,11H,3-4,8,14H2,1-2H3,(H,15,17). The summed E-state index contributed by atoms with van der Waals surface area (Å²) in [6.07, 6.45) is 0.826.